The molecule has 16 heavy (non-hydrogen) atoms. The third-order valence-corrected chi connectivity index (χ3v) is 4.28. The zero-order valence-corrected chi connectivity index (χ0v) is 10.4. The number of rotatable bonds is 2. The number of primary amides is 1. The lowest BCUT2D eigenvalue weighted by Gasteiger charge is -2.49. The summed E-state index contributed by atoms with van der Waals surface area (Å²) in [5.74, 6) is 2.37. The van der Waals surface area contributed by atoms with Crippen molar-refractivity contribution < 1.29 is 9.53 Å². The molecule has 0 aromatic heterocycles. The predicted octanol–water partition coefficient (Wildman–Crippen LogP) is 2.93. The van der Waals surface area contributed by atoms with E-state index in [1.54, 1.807) is 0 Å². The van der Waals surface area contributed by atoms with Crippen molar-refractivity contribution in [3.8, 4) is 0 Å². The van der Waals surface area contributed by atoms with Crippen LogP contribution in [0.4, 0.5) is 4.79 Å². The first-order chi connectivity index (χ1) is 7.49. The topological polar surface area (TPSA) is 52.3 Å². The van der Waals surface area contributed by atoms with Crippen LogP contribution in [0.15, 0.2) is 0 Å². The van der Waals surface area contributed by atoms with Crippen LogP contribution in [0.2, 0.25) is 0 Å². The molecule has 0 spiro atoms. The minimum absolute atomic E-state index is 0.231. The molecular formula is C13H23NO2. The van der Waals surface area contributed by atoms with Gasteiger partial charge >= 0.3 is 6.09 Å². The van der Waals surface area contributed by atoms with Crippen LogP contribution >= 0.6 is 0 Å². The summed E-state index contributed by atoms with van der Waals surface area (Å²) in [5, 5.41) is 0. The average molecular weight is 225 g/mol. The number of hydrogen-bond donors (Lipinski definition) is 1. The molecule has 2 aliphatic carbocycles. The maximum absolute atomic E-state index is 10.8. The molecule has 92 valence electrons. The van der Waals surface area contributed by atoms with Gasteiger partial charge in [0.25, 0.3) is 0 Å². The lowest BCUT2D eigenvalue weighted by molar-refractivity contribution is -0.0282. The Hall–Kier alpha value is -0.730. The highest BCUT2D eigenvalue weighted by atomic mass is 16.5. The van der Waals surface area contributed by atoms with Gasteiger partial charge in [-0.3, -0.25) is 0 Å². The molecule has 3 heteroatoms. The van der Waals surface area contributed by atoms with Gasteiger partial charge in [-0.15, -0.1) is 0 Å². The molecule has 2 atom stereocenters. The normalized spacial score (nSPS) is 42.8. The third-order valence-electron chi connectivity index (χ3n) is 4.28. The van der Waals surface area contributed by atoms with Crippen molar-refractivity contribution in [3.63, 3.8) is 0 Å². The minimum Gasteiger partial charge on any atom is -0.449 e. The van der Waals surface area contributed by atoms with E-state index in [0.29, 0.717) is 6.61 Å². The summed E-state index contributed by atoms with van der Waals surface area (Å²) in [6.45, 7) is 5.18. The van der Waals surface area contributed by atoms with Crippen LogP contribution in [-0.2, 0) is 4.74 Å². The molecule has 0 aromatic carbocycles. The molecule has 2 N–H and O–H groups in total. The lowest BCUT2D eigenvalue weighted by atomic mass is 9.57. The van der Waals surface area contributed by atoms with Gasteiger partial charge in [-0.1, -0.05) is 13.8 Å². The van der Waals surface area contributed by atoms with Crippen molar-refractivity contribution in [3.05, 3.63) is 0 Å². The Kier molecular flexibility index (Phi) is 3.13. The molecule has 2 saturated carbocycles. The lowest BCUT2D eigenvalue weighted by Crippen LogP contribution is -2.43. The van der Waals surface area contributed by atoms with Crippen molar-refractivity contribution in [2.24, 2.45) is 28.9 Å². The zero-order chi connectivity index (χ0) is 11.8. The van der Waals surface area contributed by atoms with Crippen LogP contribution in [0.1, 0.15) is 46.0 Å². The highest BCUT2D eigenvalue weighted by Gasteiger charge is 2.44. The molecule has 2 fully saturated rings. The summed E-state index contributed by atoms with van der Waals surface area (Å²) in [5.41, 5.74) is 5.32. The van der Waals surface area contributed by atoms with Gasteiger partial charge < -0.3 is 10.5 Å². The largest absolute Gasteiger partial charge is 0.449 e. The Morgan fingerprint density at radius 2 is 1.81 bits per heavy atom. The van der Waals surface area contributed by atoms with Crippen LogP contribution in [-0.4, -0.2) is 12.7 Å². The van der Waals surface area contributed by atoms with Gasteiger partial charge in [-0.2, -0.15) is 0 Å². The Morgan fingerprint density at radius 3 is 2.31 bits per heavy atom. The molecule has 0 heterocycles. The first-order valence-electron chi connectivity index (χ1n) is 6.41. The van der Waals surface area contributed by atoms with Gasteiger partial charge in [0.15, 0.2) is 0 Å². The second-order valence-corrected chi connectivity index (χ2v) is 6.27. The third kappa shape index (κ3) is 2.50. The number of amides is 1. The van der Waals surface area contributed by atoms with Crippen molar-refractivity contribution >= 4 is 6.09 Å². The van der Waals surface area contributed by atoms with E-state index < -0.39 is 6.09 Å². The second-order valence-electron chi connectivity index (χ2n) is 6.27. The van der Waals surface area contributed by atoms with Crippen molar-refractivity contribution in [2.45, 2.75) is 46.0 Å². The van der Waals surface area contributed by atoms with Gasteiger partial charge in [0.1, 0.15) is 0 Å². The van der Waals surface area contributed by atoms with Crippen LogP contribution in [0.25, 0.3) is 0 Å². The smallest absolute Gasteiger partial charge is 0.404 e. The van der Waals surface area contributed by atoms with Gasteiger partial charge in [0.05, 0.1) is 6.61 Å². The summed E-state index contributed by atoms with van der Waals surface area (Å²) in [4.78, 5) is 10.8. The molecule has 2 unspecified atom stereocenters. The van der Waals surface area contributed by atoms with Crippen LogP contribution in [0.5, 0.6) is 0 Å². The minimum atomic E-state index is -0.623. The highest BCUT2D eigenvalue weighted by molar-refractivity contribution is 5.64. The van der Waals surface area contributed by atoms with E-state index in [9.17, 15) is 4.79 Å². The Morgan fingerprint density at radius 1 is 1.25 bits per heavy atom. The molecule has 0 aromatic rings. The maximum Gasteiger partial charge on any atom is 0.404 e. The Balaban J connectivity index is 2.05. The first-order valence-corrected chi connectivity index (χ1v) is 6.41. The number of ether oxygens (including phenoxy) is 1. The fraction of sp³-hybridized carbons (Fsp3) is 0.923. The fourth-order valence-corrected chi connectivity index (χ4v) is 4.31. The zero-order valence-electron chi connectivity index (χ0n) is 10.4. The summed E-state index contributed by atoms with van der Waals surface area (Å²) in [6.07, 6.45) is 5.70. The van der Waals surface area contributed by atoms with Gasteiger partial charge in [-0.25, -0.2) is 4.79 Å². The van der Waals surface area contributed by atoms with Gasteiger partial charge in [0, 0.05) is 5.41 Å². The average Bonchev–Trinajstić information content (AvgIpc) is 2.12. The standard InChI is InChI=1S/C13H23NO2/c1-9-3-11-4-10(2)6-13(5-9,7-11)8-16-12(14)15/h9-11H,3-8H2,1-2H3,(H2,14,15). The summed E-state index contributed by atoms with van der Waals surface area (Å²) in [7, 11) is 0. The second kappa shape index (κ2) is 4.27. The maximum atomic E-state index is 10.8. The summed E-state index contributed by atoms with van der Waals surface area (Å²) < 4.78 is 5.09. The number of carbonyl (C=O) groups excluding carboxylic acids is 1. The number of nitrogens with two attached hydrogens (primary N) is 1. The van der Waals surface area contributed by atoms with Gasteiger partial charge in [0.2, 0.25) is 0 Å². The van der Waals surface area contributed by atoms with E-state index in [2.05, 4.69) is 13.8 Å². The monoisotopic (exact) mass is 225 g/mol. The molecule has 0 saturated heterocycles. The predicted molar refractivity (Wildman–Crippen MR) is 62.9 cm³/mol. The summed E-state index contributed by atoms with van der Waals surface area (Å²) in [6, 6.07) is 0. The molecule has 3 nitrogen and oxygen atoms in total. The fourth-order valence-electron chi connectivity index (χ4n) is 4.31. The molecule has 2 rings (SSSR count). The van der Waals surface area contributed by atoms with Gasteiger partial charge in [-0.05, 0) is 49.9 Å². The van der Waals surface area contributed by atoms with E-state index in [-0.39, 0.29) is 5.41 Å². The van der Waals surface area contributed by atoms with Crippen LogP contribution < -0.4 is 5.73 Å². The highest BCUT2D eigenvalue weighted by Crippen LogP contribution is 2.52. The first kappa shape index (κ1) is 11.7. The van der Waals surface area contributed by atoms with E-state index in [4.69, 9.17) is 10.5 Å². The molecular weight excluding hydrogens is 202 g/mol. The van der Waals surface area contributed by atoms with E-state index >= 15 is 0 Å². The number of fused-ring (bicyclic) bond motifs is 2. The number of carbonyl (C=O) groups is 1. The van der Waals surface area contributed by atoms with E-state index in [1.807, 2.05) is 0 Å². The molecule has 2 aliphatic rings. The molecule has 1 amide bonds. The SMILES string of the molecule is CC1CC2CC(C)CC(COC(N)=O)(C1)C2. The number of hydrogen-bond acceptors (Lipinski definition) is 2. The van der Waals surface area contributed by atoms with Crippen LogP contribution in [0.3, 0.4) is 0 Å². The van der Waals surface area contributed by atoms with E-state index in [0.717, 1.165) is 17.8 Å². The van der Waals surface area contributed by atoms with Crippen molar-refractivity contribution in [2.75, 3.05) is 6.61 Å². The quantitative estimate of drug-likeness (QED) is 0.785. The molecule has 2 bridgehead atoms. The van der Waals surface area contributed by atoms with Crippen molar-refractivity contribution in [1.29, 1.82) is 0 Å². The van der Waals surface area contributed by atoms with Crippen LogP contribution in [0, 0.1) is 23.2 Å². The molecule has 0 radical (unpaired) electrons. The Bertz CT molecular complexity index is 258. The molecule has 0 aliphatic heterocycles. The Labute approximate surface area is 97.7 Å². The van der Waals surface area contributed by atoms with E-state index in [1.165, 1.54) is 32.1 Å². The summed E-state index contributed by atoms with van der Waals surface area (Å²) >= 11 is 0. The van der Waals surface area contributed by atoms with Crippen molar-refractivity contribution in [1.82, 2.24) is 0 Å².